The van der Waals surface area contributed by atoms with Crippen LogP contribution < -0.4 is 0 Å². The Bertz CT molecular complexity index is 176. The van der Waals surface area contributed by atoms with Gasteiger partial charge >= 0.3 is 11.9 Å². The number of likely N-dealkylation sites (N-methyl/N-ethyl adjacent to an activating group) is 1. The average Bonchev–Trinajstić information content (AvgIpc) is 2.16. The second-order valence-corrected chi connectivity index (χ2v) is 2.43. The van der Waals surface area contributed by atoms with E-state index in [1.165, 1.54) is 6.92 Å². The van der Waals surface area contributed by atoms with Crippen LogP contribution in [-0.4, -0.2) is 36.5 Å². The van der Waals surface area contributed by atoms with Gasteiger partial charge in [0.25, 0.3) is 0 Å². The average molecular weight is 201 g/mol. The normalized spacial score (nSPS) is 8.86. The molecule has 0 rings (SSSR count). The number of nitrogens with zero attached hydrogens (tertiary/aromatic N) is 1. The third-order valence-corrected chi connectivity index (χ3v) is 1.50. The second kappa shape index (κ2) is 9.92. The summed E-state index contributed by atoms with van der Waals surface area (Å²) in [5.74, 6) is -1.03. The van der Waals surface area contributed by atoms with Crippen LogP contribution in [0.2, 0.25) is 0 Å². The van der Waals surface area contributed by atoms with E-state index in [0.29, 0.717) is 0 Å². The molecule has 0 N–H and O–H groups in total. The molecule has 14 heavy (non-hydrogen) atoms. The zero-order chi connectivity index (χ0) is 11.6. The van der Waals surface area contributed by atoms with E-state index in [0.717, 1.165) is 13.1 Å². The topological polar surface area (TPSA) is 46.6 Å². The zero-order valence-electron chi connectivity index (χ0n) is 9.21. The highest BCUT2D eigenvalue weighted by Gasteiger charge is 2.09. The van der Waals surface area contributed by atoms with Crippen molar-refractivity contribution in [3.8, 4) is 0 Å². The fraction of sp³-hybridized carbons (Fsp3) is 0.600. The van der Waals surface area contributed by atoms with Crippen LogP contribution in [-0.2, 0) is 14.3 Å². The molecule has 0 aromatic rings. The Labute approximate surface area is 85.5 Å². The van der Waals surface area contributed by atoms with E-state index < -0.39 is 11.9 Å². The first-order valence-electron chi connectivity index (χ1n) is 4.53. The predicted molar refractivity (Wildman–Crippen MR) is 55.8 cm³/mol. The van der Waals surface area contributed by atoms with Crippen LogP contribution in [0.1, 0.15) is 20.8 Å². The highest BCUT2D eigenvalue weighted by molar-refractivity contribution is 5.85. The molecular formula is C10H19NO3. The minimum absolute atomic E-state index is 0.187. The molecule has 0 fully saturated rings. The van der Waals surface area contributed by atoms with Crippen molar-refractivity contribution in [2.24, 2.45) is 0 Å². The Morgan fingerprint density at radius 3 is 1.93 bits per heavy atom. The Morgan fingerprint density at radius 1 is 1.21 bits per heavy atom. The van der Waals surface area contributed by atoms with Crippen LogP contribution in [0.15, 0.2) is 13.2 Å². The van der Waals surface area contributed by atoms with Crippen LogP contribution in [0.25, 0.3) is 0 Å². The van der Waals surface area contributed by atoms with E-state index >= 15 is 0 Å². The Hall–Kier alpha value is -1.16. The second-order valence-electron chi connectivity index (χ2n) is 2.43. The lowest BCUT2D eigenvalue weighted by atomic mass is 10.5. The van der Waals surface area contributed by atoms with E-state index in [-0.39, 0.29) is 6.54 Å². The molecule has 0 amide bonds. The van der Waals surface area contributed by atoms with Gasteiger partial charge in [0, 0.05) is 6.92 Å². The van der Waals surface area contributed by atoms with Gasteiger partial charge in [0.1, 0.15) is 0 Å². The van der Waals surface area contributed by atoms with Crippen LogP contribution in [0.5, 0.6) is 0 Å². The lowest BCUT2D eigenvalue weighted by Crippen LogP contribution is -2.31. The maximum atomic E-state index is 10.9. The van der Waals surface area contributed by atoms with E-state index in [1.807, 2.05) is 18.7 Å². The van der Waals surface area contributed by atoms with E-state index in [1.54, 1.807) is 0 Å². The largest absolute Gasteiger partial charge is 0.392 e. The number of ether oxygens (including phenoxy) is 1. The molecular weight excluding hydrogens is 182 g/mol. The molecule has 0 heterocycles. The summed E-state index contributed by atoms with van der Waals surface area (Å²) in [6.45, 7) is 12.9. The van der Waals surface area contributed by atoms with Crippen molar-refractivity contribution in [1.82, 2.24) is 4.90 Å². The van der Waals surface area contributed by atoms with Crippen molar-refractivity contribution < 1.29 is 14.3 Å². The quantitative estimate of drug-likeness (QED) is 0.390. The highest BCUT2D eigenvalue weighted by atomic mass is 16.6. The molecule has 82 valence electrons. The lowest BCUT2D eigenvalue weighted by Gasteiger charge is -2.15. The van der Waals surface area contributed by atoms with Gasteiger partial charge in [0.2, 0.25) is 0 Å². The van der Waals surface area contributed by atoms with Gasteiger partial charge in [-0.3, -0.25) is 14.5 Å². The Balaban J connectivity index is 0. The summed E-state index contributed by atoms with van der Waals surface area (Å²) in [6, 6.07) is 0. The molecule has 0 aromatic carbocycles. The number of carbonyl (C=O) groups is 2. The van der Waals surface area contributed by atoms with Crippen molar-refractivity contribution in [2.75, 3.05) is 19.6 Å². The van der Waals surface area contributed by atoms with Gasteiger partial charge in [-0.2, -0.15) is 0 Å². The van der Waals surface area contributed by atoms with Gasteiger partial charge in [-0.05, 0) is 13.1 Å². The van der Waals surface area contributed by atoms with Gasteiger partial charge in [-0.25, -0.2) is 0 Å². The van der Waals surface area contributed by atoms with Crippen molar-refractivity contribution in [1.29, 1.82) is 0 Å². The molecule has 0 bridgehead atoms. The minimum Gasteiger partial charge on any atom is -0.392 e. The maximum absolute atomic E-state index is 10.9. The number of hydrogen-bond donors (Lipinski definition) is 0. The number of esters is 2. The molecule has 0 spiro atoms. The van der Waals surface area contributed by atoms with E-state index in [4.69, 9.17) is 0 Å². The van der Waals surface area contributed by atoms with Gasteiger partial charge in [0.15, 0.2) is 0 Å². The first kappa shape index (κ1) is 15.3. The lowest BCUT2D eigenvalue weighted by molar-refractivity contribution is -0.158. The summed E-state index contributed by atoms with van der Waals surface area (Å²) in [5, 5.41) is 0. The summed E-state index contributed by atoms with van der Waals surface area (Å²) in [5.41, 5.74) is 0. The van der Waals surface area contributed by atoms with Crippen LogP contribution >= 0.6 is 0 Å². The summed E-state index contributed by atoms with van der Waals surface area (Å²) >= 11 is 0. The summed E-state index contributed by atoms with van der Waals surface area (Å²) in [4.78, 5) is 23.1. The minimum atomic E-state index is -0.549. The summed E-state index contributed by atoms with van der Waals surface area (Å²) in [7, 11) is 0. The Morgan fingerprint density at radius 2 is 1.64 bits per heavy atom. The van der Waals surface area contributed by atoms with E-state index in [2.05, 4.69) is 17.9 Å². The monoisotopic (exact) mass is 201 g/mol. The van der Waals surface area contributed by atoms with Crippen molar-refractivity contribution in [2.45, 2.75) is 20.8 Å². The molecule has 0 aromatic heterocycles. The molecule has 0 aliphatic carbocycles. The molecule has 0 saturated carbocycles. The SMILES string of the molecule is C=C.CCN(CC)CC(=O)OC(C)=O. The number of rotatable bonds is 4. The molecule has 0 unspecified atom stereocenters. The van der Waals surface area contributed by atoms with Gasteiger partial charge in [-0.15, -0.1) is 13.2 Å². The highest BCUT2D eigenvalue weighted by Crippen LogP contribution is 1.89. The molecule has 0 atom stereocenters. The van der Waals surface area contributed by atoms with Gasteiger partial charge < -0.3 is 4.74 Å². The molecule has 4 nitrogen and oxygen atoms in total. The van der Waals surface area contributed by atoms with Crippen molar-refractivity contribution in [3.63, 3.8) is 0 Å². The molecule has 0 aliphatic heterocycles. The fourth-order valence-corrected chi connectivity index (χ4v) is 0.822. The van der Waals surface area contributed by atoms with Crippen LogP contribution in [0, 0.1) is 0 Å². The third-order valence-electron chi connectivity index (χ3n) is 1.50. The molecule has 0 saturated heterocycles. The van der Waals surface area contributed by atoms with Gasteiger partial charge in [-0.1, -0.05) is 13.8 Å². The molecule has 0 radical (unpaired) electrons. The van der Waals surface area contributed by atoms with E-state index in [9.17, 15) is 9.59 Å². The first-order valence-corrected chi connectivity index (χ1v) is 4.53. The summed E-state index contributed by atoms with van der Waals surface area (Å²) < 4.78 is 4.36. The van der Waals surface area contributed by atoms with Crippen molar-refractivity contribution in [3.05, 3.63) is 13.2 Å². The number of carbonyl (C=O) groups excluding carboxylic acids is 2. The standard InChI is InChI=1S/C8H15NO3.C2H4/c1-4-9(5-2)6-8(11)12-7(3)10;1-2/h4-6H2,1-3H3;1-2H2. The first-order chi connectivity index (χ1) is 6.60. The van der Waals surface area contributed by atoms with Crippen molar-refractivity contribution >= 4 is 11.9 Å². The fourth-order valence-electron chi connectivity index (χ4n) is 0.822. The Kier molecular flexibility index (Phi) is 10.9. The number of hydrogen-bond acceptors (Lipinski definition) is 4. The smallest absolute Gasteiger partial charge is 0.327 e. The predicted octanol–water partition coefficient (Wildman–Crippen LogP) is 1.22. The molecule has 0 aliphatic rings. The van der Waals surface area contributed by atoms with Crippen LogP contribution in [0.3, 0.4) is 0 Å². The maximum Gasteiger partial charge on any atom is 0.327 e. The molecule has 4 heteroatoms. The zero-order valence-corrected chi connectivity index (χ0v) is 9.21. The third kappa shape index (κ3) is 8.93. The van der Waals surface area contributed by atoms with Crippen LogP contribution in [0.4, 0.5) is 0 Å². The van der Waals surface area contributed by atoms with Gasteiger partial charge in [0.05, 0.1) is 6.54 Å². The summed E-state index contributed by atoms with van der Waals surface area (Å²) in [6.07, 6.45) is 0.